The van der Waals surface area contributed by atoms with Crippen LogP contribution in [0.15, 0.2) is 23.1 Å². The molecular weight excluding hydrogens is 299 g/mol. The monoisotopic (exact) mass is 312 g/mol. The van der Waals surface area contributed by atoms with Crippen molar-refractivity contribution in [2.24, 2.45) is 11.8 Å². The van der Waals surface area contributed by atoms with Crippen LogP contribution in [-0.4, -0.2) is 36.9 Å². The molecule has 1 fully saturated rings. The molecule has 0 amide bonds. The number of carboxylic acids is 1. The van der Waals surface area contributed by atoms with Gasteiger partial charge in [0.1, 0.15) is 11.9 Å². The Balaban J connectivity index is 2.18. The Morgan fingerprint density at radius 2 is 2.14 bits per heavy atom. The van der Waals surface area contributed by atoms with Crippen molar-refractivity contribution < 1.29 is 22.7 Å². The van der Waals surface area contributed by atoms with Gasteiger partial charge >= 0.3 is 5.97 Å². The van der Waals surface area contributed by atoms with Gasteiger partial charge in [-0.15, -0.1) is 0 Å². The first-order valence-electron chi connectivity index (χ1n) is 6.20. The molecule has 1 aliphatic heterocycles. The van der Waals surface area contributed by atoms with Crippen LogP contribution in [0.4, 0.5) is 4.39 Å². The number of hydrogen-bond acceptors (Lipinski definition) is 4. The van der Waals surface area contributed by atoms with Gasteiger partial charge in [0.05, 0.1) is 16.4 Å². The molecule has 1 N–H and O–H groups in total. The maximum Gasteiger partial charge on any atom is 0.306 e. The lowest BCUT2D eigenvalue weighted by Gasteiger charge is -2.39. The highest BCUT2D eigenvalue weighted by Crippen LogP contribution is 2.30. The summed E-state index contributed by atoms with van der Waals surface area (Å²) in [5.74, 6) is -2.62. The molecule has 1 unspecified atom stereocenters. The average Bonchev–Trinajstić information content (AvgIpc) is 2.36. The molecule has 2 rings (SSSR count). The minimum Gasteiger partial charge on any atom is -0.481 e. The third-order valence-electron chi connectivity index (χ3n) is 3.67. The summed E-state index contributed by atoms with van der Waals surface area (Å²) in [6.45, 7) is 1.74. The minimum atomic E-state index is -3.82. The molecule has 6 nitrogen and oxygen atoms in total. The highest BCUT2D eigenvalue weighted by Gasteiger charge is 2.41. The SMILES string of the molecule is CC(C(=O)O)C1CN(S(=O)(=O)c2ccc(F)c(C#N)c2)C1. The van der Waals surface area contributed by atoms with E-state index in [1.165, 1.54) is 6.92 Å². The molecule has 1 atom stereocenters. The molecule has 1 saturated heterocycles. The molecule has 21 heavy (non-hydrogen) atoms. The van der Waals surface area contributed by atoms with E-state index in [1.807, 2.05) is 0 Å². The number of aliphatic carboxylic acids is 1. The van der Waals surface area contributed by atoms with Crippen LogP contribution in [0.25, 0.3) is 0 Å². The van der Waals surface area contributed by atoms with E-state index in [9.17, 15) is 17.6 Å². The van der Waals surface area contributed by atoms with Crippen molar-refractivity contribution in [3.05, 3.63) is 29.6 Å². The molecule has 1 aromatic rings. The van der Waals surface area contributed by atoms with E-state index >= 15 is 0 Å². The topological polar surface area (TPSA) is 98.5 Å². The fraction of sp³-hybridized carbons (Fsp3) is 0.385. The largest absolute Gasteiger partial charge is 0.481 e. The fourth-order valence-electron chi connectivity index (χ4n) is 2.08. The van der Waals surface area contributed by atoms with Crippen LogP contribution in [0.3, 0.4) is 0 Å². The predicted octanol–water partition coefficient (Wildman–Crippen LogP) is 1.04. The lowest BCUT2D eigenvalue weighted by Crippen LogP contribution is -2.53. The van der Waals surface area contributed by atoms with Gasteiger partial charge in [0.2, 0.25) is 10.0 Å². The molecule has 0 aliphatic carbocycles. The van der Waals surface area contributed by atoms with Gasteiger partial charge in [-0.2, -0.15) is 9.57 Å². The van der Waals surface area contributed by atoms with E-state index < -0.39 is 27.7 Å². The lowest BCUT2D eigenvalue weighted by molar-refractivity contribution is -0.144. The van der Waals surface area contributed by atoms with Gasteiger partial charge in [-0.3, -0.25) is 4.79 Å². The van der Waals surface area contributed by atoms with Crippen LogP contribution in [-0.2, 0) is 14.8 Å². The zero-order valence-corrected chi connectivity index (χ0v) is 12.0. The summed E-state index contributed by atoms with van der Waals surface area (Å²) in [5, 5.41) is 17.6. The molecule has 112 valence electrons. The number of sulfonamides is 1. The molecule has 1 aliphatic rings. The molecule has 0 radical (unpaired) electrons. The van der Waals surface area contributed by atoms with E-state index in [1.54, 1.807) is 6.07 Å². The van der Waals surface area contributed by atoms with Gasteiger partial charge in [0.15, 0.2) is 0 Å². The van der Waals surface area contributed by atoms with E-state index in [4.69, 9.17) is 10.4 Å². The van der Waals surface area contributed by atoms with Crippen molar-refractivity contribution >= 4 is 16.0 Å². The van der Waals surface area contributed by atoms with Crippen LogP contribution in [0.5, 0.6) is 0 Å². The predicted molar refractivity (Wildman–Crippen MR) is 70.2 cm³/mol. The quantitative estimate of drug-likeness (QED) is 0.895. The number of nitrogens with zero attached hydrogens (tertiary/aromatic N) is 2. The van der Waals surface area contributed by atoms with Gasteiger partial charge in [-0.25, -0.2) is 12.8 Å². The van der Waals surface area contributed by atoms with Crippen LogP contribution in [0, 0.1) is 29.0 Å². The van der Waals surface area contributed by atoms with Crippen molar-refractivity contribution in [2.75, 3.05) is 13.1 Å². The van der Waals surface area contributed by atoms with E-state index in [-0.39, 0.29) is 29.5 Å². The van der Waals surface area contributed by atoms with Crippen molar-refractivity contribution in [3.8, 4) is 6.07 Å². The van der Waals surface area contributed by atoms with Gasteiger partial charge in [0.25, 0.3) is 0 Å². The van der Waals surface area contributed by atoms with Crippen molar-refractivity contribution in [1.82, 2.24) is 4.31 Å². The van der Waals surface area contributed by atoms with E-state index in [2.05, 4.69) is 0 Å². The van der Waals surface area contributed by atoms with E-state index in [0.717, 1.165) is 22.5 Å². The zero-order chi connectivity index (χ0) is 15.8. The molecule has 0 bridgehead atoms. The van der Waals surface area contributed by atoms with Crippen molar-refractivity contribution in [2.45, 2.75) is 11.8 Å². The van der Waals surface area contributed by atoms with Gasteiger partial charge in [-0.05, 0) is 24.1 Å². The molecule has 0 spiro atoms. The van der Waals surface area contributed by atoms with E-state index in [0.29, 0.717) is 0 Å². The van der Waals surface area contributed by atoms with Crippen LogP contribution < -0.4 is 0 Å². The number of halogens is 1. The second kappa shape index (κ2) is 5.42. The second-order valence-electron chi connectivity index (χ2n) is 4.96. The maximum absolute atomic E-state index is 13.2. The Morgan fingerprint density at radius 1 is 1.52 bits per heavy atom. The van der Waals surface area contributed by atoms with Gasteiger partial charge in [-0.1, -0.05) is 6.92 Å². The lowest BCUT2D eigenvalue weighted by atomic mass is 9.89. The first-order chi connectivity index (χ1) is 9.77. The third-order valence-corrected chi connectivity index (χ3v) is 5.50. The zero-order valence-electron chi connectivity index (χ0n) is 11.2. The van der Waals surface area contributed by atoms with Crippen LogP contribution in [0.2, 0.25) is 0 Å². The minimum absolute atomic E-state index is 0.106. The Kier molecular flexibility index (Phi) is 3.98. The molecule has 0 aromatic heterocycles. The number of hydrogen-bond donors (Lipinski definition) is 1. The summed E-state index contributed by atoms with van der Waals surface area (Å²) in [7, 11) is -3.82. The Bertz CT molecular complexity index is 720. The summed E-state index contributed by atoms with van der Waals surface area (Å²) < 4.78 is 38.9. The van der Waals surface area contributed by atoms with Gasteiger partial charge < -0.3 is 5.11 Å². The highest BCUT2D eigenvalue weighted by atomic mass is 32.2. The first kappa shape index (κ1) is 15.4. The number of carbonyl (C=O) groups is 1. The first-order valence-corrected chi connectivity index (χ1v) is 7.64. The average molecular weight is 312 g/mol. The van der Waals surface area contributed by atoms with Crippen molar-refractivity contribution in [1.29, 1.82) is 5.26 Å². The molecular formula is C13H13FN2O4S. The Labute approximate surface area is 121 Å². The molecule has 0 saturated carbocycles. The third kappa shape index (κ3) is 2.75. The summed E-state index contributed by atoms with van der Waals surface area (Å²) in [6.07, 6.45) is 0. The summed E-state index contributed by atoms with van der Waals surface area (Å²) in [5.41, 5.74) is -0.341. The number of carboxylic acid groups (broad SMARTS) is 1. The number of benzene rings is 1. The van der Waals surface area contributed by atoms with Crippen LogP contribution in [0.1, 0.15) is 12.5 Å². The maximum atomic E-state index is 13.2. The summed E-state index contributed by atoms with van der Waals surface area (Å²) in [6, 6.07) is 4.60. The standard InChI is InChI=1S/C13H13FN2O4S/c1-8(13(17)18)10-6-16(7-10)21(19,20)11-2-3-12(14)9(4-11)5-15/h2-4,8,10H,6-7H2,1H3,(H,17,18). The van der Waals surface area contributed by atoms with Crippen molar-refractivity contribution in [3.63, 3.8) is 0 Å². The summed E-state index contributed by atoms with van der Waals surface area (Å²) >= 11 is 0. The Hall–Kier alpha value is -1.98. The molecule has 1 aromatic carbocycles. The fourth-order valence-corrected chi connectivity index (χ4v) is 3.66. The highest BCUT2D eigenvalue weighted by molar-refractivity contribution is 7.89. The number of rotatable bonds is 4. The molecule has 8 heteroatoms. The molecule has 1 heterocycles. The van der Waals surface area contributed by atoms with Crippen LogP contribution >= 0.6 is 0 Å². The smallest absolute Gasteiger partial charge is 0.306 e. The number of nitriles is 1. The Morgan fingerprint density at radius 3 is 2.67 bits per heavy atom. The summed E-state index contributed by atoms with van der Waals surface area (Å²) in [4.78, 5) is 10.7. The second-order valence-corrected chi connectivity index (χ2v) is 6.90. The van der Waals surface area contributed by atoms with Gasteiger partial charge in [0, 0.05) is 13.1 Å². The normalized spacial score (nSPS) is 17.8.